The topological polar surface area (TPSA) is 86.5 Å². The minimum atomic E-state index is -0.619. The van der Waals surface area contributed by atoms with Crippen LogP contribution in [-0.4, -0.2) is 30.3 Å². The first kappa shape index (κ1) is 20.2. The maximum absolute atomic E-state index is 13.0. The van der Waals surface area contributed by atoms with E-state index in [-0.39, 0.29) is 5.91 Å². The van der Waals surface area contributed by atoms with Crippen LogP contribution >= 0.6 is 0 Å². The Morgan fingerprint density at radius 3 is 2.23 bits per heavy atom. The van der Waals surface area contributed by atoms with E-state index in [1.54, 1.807) is 25.3 Å². The Labute approximate surface area is 179 Å². The number of benzene rings is 3. The number of hydrogen-bond acceptors (Lipinski definition) is 6. The van der Waals surface area contributed by atoms with Crippen molar-refractivity contribution in [2.24, 2.45) is 0 Å². The first-order chi connectivity index (χ1) is 15.2. The van der Waals surface area contributed by atoms with Crippen molar-refractivity contribution in [2.75, 3.05) is 14.2 Å². The van der Waals surface area contributed by atoms with Gasteiger partial charge in [-0.25, -0.2) is 0 Å². The quantitative estimate of drug-likeness (QED) is 0.485. The third kappa shape index (κ3) is 4.40. The highest BCUT2D eigenvalue weighted by molar-refractivity contribution is 5.95. The molecule has 0 aliphatic carbocycles. The van der Waals surface area contributed by atoms with E-state index in [4.69, 9.17) is 13.9 Å². The molecule has 0 radical (unpaired) electrons. The summed E-state index contributed by atoms with van der Waals surface area (Å²) in [5.74, 6) is 1.38. The normalized spacial score (nSPS) is 11.5. The van der Waals surface area contributed by atoms with E-state index in [1.165, 1.54) is 7.11 Å². The number of ether oxygens (including phenoxy) is 2. The lowest BCUT2D eigenvalue weighted by atomic mass is 10.1. The van der Waals surface area contributed by atoms with Gasteiger partial charge in [-0.3, -0.25) is 4.79 Å². The molecule has 1 heterocycles. The van der Waals surface area contributed by atoms with Crippen LogP contribution < -0.4 is 14.8 Å². The van der Waals surface area contributed by atoms with E-state index in [0.717, 1.165) is 11.1 Å². The monoisotopic (exact) mass is 415 g/mol. The number of aromatic nitrogens is 2. The lowest BCUT2D eigenvalue weighted by Crippen LogP contribution is -2.29. The van der Waals surface area contributed by atoms with Crippen LogP contribution in [0.2, 0.25) is 0 Å². The van der Waals surface area contributed by atoms with Crippen molar-refractivity contribution in [3.63, 3.8) is 0 Å². The summed E-state index contributed by atoms with van der Waals surface area (Å²) in [6, 6.07) is 23.3. The van der Waals surface area contributed by atoms with E-state index < -0.39 is 6.04 Å². The van der Waals surface area contributed by atoms with Gasteiger partial charge in [-0.15, -0.1) is 10.2 Å². The molecule has 0 saturated carbocycles. The molecule has 1 amide bonds. The molecule has 0 spiro atoms. The van der Waals surface area contributed by atoms with Gasteiger partial charge < -0.3 is 19.2 Å². The summed E-state index contributed by atoms with van der Waals surface area (Å²) in [6.45, 7) is 0. The maximum Gasteiger partial charge on any atom is 0.252 e. The molecular formula is C24H21N3O4. The Bertz CT molecular complexity index is 1160. The Kier molecular flexibility index (Phi) is 5.93. The number of methoxy groups -OCH3 is 2. The fraction of sp³-hybridized carbons (Fsp3) is 0.125. The van der Waals surface area contributed by atoms with E-state index >= 15 is 0 Å². The molecule has 1 N–H and O–H groups in total. The van der Waals surface area contributed by atoms with Crippen LogP contribution in [0.5, 0.6) is 11.5 Å². The van der Waals surface area contributed by atoms with Crippen molar-refractivity contribution >= 4 is 5.91 Å². The molecule has 7 nitrogen and oxygen atoms in total. The Balaban J connectivity index is 1.66. The predicted octanol–water partition coefficient (Wildman–Crippen LogP) is 4.27. The highest BCUT2D eigenvalue weighted by Gasteiger charge is 2.24. The highest BCUT2D eigenvalue weighted by Crippen LogP contribution is 2.29. The second kappa shape index (κ2) is 9.13. The average Bonchev–Trinajstić information content (AvgIpc) is 3.33. The summed E-state index contributed by atoms with van der Waals surface area (Å²) < 4.78 is 16.5. The van der Waals surface area contributed by atoms with Gasteiger partial charge in [0.2, 0.25) is 11.8 Å². The molecule has 0 aliphatic heterocycles. The van der Waals surface area contributed by atoms with Crippen molar-refractivity contribution in [1.82, 2.24) is 15.5 Å². The van der Waals surface area contributed by atoms with Gasteiger partial charge >= 0.3 is 0 Å². The minimum absolute atomic E-state index is 0.291. The first-order valence-corrected chi connectivity index (χ1v) is 9.66. The van der Waals surface area contributed by atoms with Crippen LogP contribution in [0.25, 0.3) is 11.5 Å². The molecule has 1 atom stereocenters. The van der Waals surface area contributed by atoms with Crippen molar-refractivity contribution < 1.29 is 18.7 Å². The molecule has 156 valence electrons. The Morgan fingerprint density at radius 2 is 1.55 bits per heavy atom. The van der Waals surface area contributed by atoms with E-state index in [1.807, 2.05) is 60.7 Å². The van der Waals surface area contributed by atoms with Crippen molar-refractivity contribution in [2.45, 2.75) is 6.04 Å². The lowest BCUT2D eigenvalue weighted by molar-refractivity contribution is 0.0937. The molecule has 0 fully saturated rings. The summed E-state index contributed by atoms with van der Waals surface area (Å²) in [7, 11) is 3.07. The molecule has 4 rings (SSSR count). The van der Waals surface area contributed by atoms with Crippen molar-refractivity contribution in [3.05, 3.63) is 95.9 Å². The highest BCUT2D eigenvalue weighted by atomic mass is 16.5. The largest absolute Gasteiger partial charge is 0.493 e. The van der Waals surface area contributed by atoms with Crippen LogP contribution in [0.4, 0.5) is 0 Å². The number of hydrogen-bond donors (Lipinski definition) is 1. The molecule has 4 aromatic rings. The van der Waals surface area contributed by atoms with Gasteiger partial charge in [0.1, 0.15) is 6.04 Å². The standard InChI is InChI=1S/C24H21N3O4/c1-29-19-14-13-18(15-20(19)30-2)22(28)25-21(16-9-5-3-6-10-16)24-27-26-23(31-24)17-11-7-4-8-12-17/h3-15,21H,1-2H3,(H,25,28)/t21-/m0/s1. The number of amides is 1. The predicted molar refractivity (Wildman–Crippen MR) is 115 cm³/mol. The first-order valence-electron chi connectivity index (χ1n) is 9.66. The third-order valence-electron chi connectivity index (χ3n) is 4.76. The van der Waals surface area contributed by atoms with Crippen LogP contribution in [0, 0.1) is 0 Å². The molecule has 31 heavy (non-hydrogen) atoms. The fourth-order valence-electron chi connectivity index (χ4n) is 3.17. The smallest absolute Gasteiger partial charge is 0.252 e. The molecule has 7 heteroatoms. The van der Waals surface area contributed by atoms with Gasteiger partial charge in [0.25, 0.3) is 5.91 Å². The van der Waals surface area contributed by atoms with Crippen molar-refractivity contribution in [3.8, 4) is 23.0 Å². The van der Waals surface area contributed by atoms with Gasteiger partial charge in [0.15, 0.2) is 11.5 Å². The van der Waals surface area contributed by atoms with Crippen LogP contribution in [0.1, 0.15) is 27.9 Å². The van der Waals surface area contributed by atoms with Crippen molar-refractivity contribution in [1.29, 1.82) is 0 Å². The Morgan fingerprint density at radius 1 is 0.871 bits per heavy atom. The number of carbonyl (C=O) groups excluding carboxylic acids is 1. The maximum atomic E-state index is 13.0. The minimum Gasteiger partial charge on any atom is -0.493 e. The summed E-state index contributed by atoms with van der Waals surface area (Å²) in [5.41, 5.74) is 2.04. The van der Waals surface area contributed by atoms with Crippen LogP contribution in [0.3, 0.4) is 0 Å². The second-order valence-corrected chi connectivity index (χ2v) is 6.70. The summed E-state index contributed by atoms with van der Waals surface area (Å²) >= 11 is 0. The molecule has 0 aliphatic rings. The lowest BCUT2D eigenvalue weighted by Gasteiger charge is -2.16. The van der Waals surface area contributed by atoms with E-state index in [0.29, 0.717) is 28.8 Å². The molecule has 0 bridgehead atoms. The van der Waals surface area contributed by atoms with Crippen LogP contribution in [0.15, 0.2) is 83.3 Å². The van der Waals surface area contributed by atoms with Gasteiger partial charge in [-0.05, 0) is 35.9 Å². The fourth-order valence-corrected chi connectivity index (χ4v) is 3.17. The average molecular weight is 415 g/mol. The van der Waals surface area contributed by atoms with Gasteiger partial charge in [-0.2, -0.15) is 0 Å². The third-order valence-corrected chi connectivity index (χ3v) is 4.76. The van der Waals surface area contributed by atoms with E-state index in [2.05, 4.69) is 15.5 Å². The zero-order chi connectivity index (χ0) is 21.6. The number of nitrogens with one attached hydrogen (secondary N) is 1. The van der Waals surface area contributed by atoms with Crippen LogP contribution in [-0.2, 0) is 0 Å². The number of carbonyl (C=O) groups is 1. The summed E-state index contributed by atoms with van der Waals surface area (Å²) in [4.78, 5) is 13.0. The number of nitrogens with zero attached hydrogens (tertiary/aromatic N) is 2. The molecular weight excluding hydrogens is 394 g/mol. The zero-order valence-corrected chi connectivity index (χ0v) is 17.1. The second-order valence-electron chi connectivity index (χ2n) is 6.70. The molecule has 0 saturated heterocycles. The zero-order valence-electron chi connectivity index (χ0n) is 17.1. The number of rotatable bonds is 7. The summed E-state index contributed by atoms with van der Waals surface area (Å²) in [6.07, 6.45) is 0. The van der Waals surface area contributed by atoms with E-state index in [9.17, 15) is 4.79 Å². The van der Waals surface area contributed by atoms with Gasteiger partial charge in [0.05, 0.1) is 14.2 Å². The van der Waals surface area contributed by atoms with Gasteiger partial charge in [0, 0.05) is 11.1 Å². The SMILES string of the molecule is COc1ccc(C(=O)N[C@@H](c2ccccc2)c2nnc(-c3ccccc3)o2)cc1OC. The van der Waals surface area contributed by atoms with Gasteiger partial charge in [-0.1, -0.05) is 48.5 Å². The summed E-state index contributed by atoms with van der Waals surface area (Å²) in [5, 5.41) is 11.3. The molecule has 1 aromatic heterocycles. The molecule has 3 aromatic carbocycles. The Hall–Kier alpha value is -4.13. The molecule has 0 unspecified atom stereocenters.